The summed E-state index contributed by atoms with van der Waals surface area (Å²) in [5.74, 6) is 1.64. The van der Waals surface area contributed by atoms with E-state index in [2.05, 4.69) is 16.8 Å². The number of fused-ring (bicyclic) bond motifs is 3. The molecule has 1 aliphatic carbocycles. The molecule has 0 radical (unpaired) electrons. The van der Waals surface area contributed by atoms with Crippen molar-refractivity contribution in [2.24, 2.45) is 0 Å². The van der Waals surface area contributed by atoms with Crippen LogP contribution in [0.2, 0.25) is 0 Å². The Balaban J connectivity index is 1.91. The highest BCUT2D eigenvalue weighted by atomic mass is 32.1. The van der Waals surface area contributed by atoms with Crippen LogP contribution in [0.1, 0.15) is 30.2 Å². The average molecular weight is 345 g/mol. The fourth-order valence-electron chi connectivity index (χ4n) is 3.06. The maximum absolute atomic E-state index is 9.41. The predicted octanol–water partition coefficient (Wildman–Crippen LogP) is 4.09. The number of nitrogens with one attached hydrogen (secondary N) is 1. The van der Waals surface area contributed by atoms with Gasteiger partial charge in [0.05, 0.1) is 12.0 Å². The first-order valence-electron chi connectivity index (χ1n) is 7.98. The van der Waals surface area contributed by atoms with Gasteiger partial charge in [0, 0.05) is 21.9 Å². The quantitative estimate of drug-likeness (QED) is 0.748. The summed E-state index contributed by atoms with van der Waals surface area (Å²) in [7, 11) is 0. The minimum Gasteiger partial charge on any atom is -0.394 e. The first kappa shape index (κ1) is 15.1. The largest absolute Gasteiger partial charge is 0.394 e. The Bertz CT molecular complexity index is 826. The second-order valence-electron chi connectivity index (χ2n) is 6.03. The molecular formula is C17H19N3OS2. The molecule has 0 saturated carbocycles. The third-order valence-corrected chi connectivity index (χ3v) is 6.12. The van der Waals surface area contributed by atoms with E-state index in [9.17, 15) is 5.11 Å². The summed E-state index contributed by atoms with van der Waals surface area (Å²) in [5.41, 5.74) is 2.48. The van der Waals surface area contributed by atoms with Crippen LogP contribution in [0.3, 0.4) is 0 Å². The van der Waals surface area contributed by atoms with Gasteiger partial charge in [-0.05, 0) is 49.6 Å². The molecule has 0 amide bonds. The first-order valence-corrected chi connectivity index (χ1v) is 9.74. The molecule has 1 aliphatic rings. The molecule has 4 nitrogen and oxygen atoms in total. The SMILES string of the molecule is CC(CO)Nc1nc(-c2ccsc2)nc2sc3c(c12)CCCC3. The number of aryl methyl sites for hydroxylation is 2. The van der Waals surface area contributed by atoms with Crippen molar-refractivity contribution < 1.29 is 5.11 Å². The van der Waals surface area contributed by atoms with Crippen molar-refractivity contribution in [3.63, 3.8) is 0 Å². The van der Waals surface area contributed by atoms with Crippen LogP contribution in [0.5, 0.6) is 0 Å². The number of aliphatic hydroxyl groups is 1. The Morgan fingerprint density at radius 3 is 2.96 bits per heavy atom. The van der Waals surface area contributed by atoms with Gasteiger partial charge in [0.2, 0.25) is 0 Å². The van der Waals surface area contributed by atoms with E-state index in [-0.39, 0.29) is 12.6 Å². The van der Waals surface area contributed by atoms with Crippen molar-refractivity contribution >= 4 is 38.7 Å². The molecule has 2 N–H and O–H groups in total. The topological polar surface area (TPSA) is 58.0 Å². The fourth-order valence-corrected chi connectivity index (χ4v) is 4.96. The molecule has 0 aliphatic heterocycles. The summed E-state index contributed by atoms with van der Waals surface area (Å²) in [4.78, 5) is 12.2. The van der Waals surface area contributed by atoms with Gasteiger partial charge in [0.25, 0.3) is 0 Å². The summed E-state index contributed by atoms with van der Waals surface area (Å²) in [6.45, 7) is 2.06. The lowest BCUT2D eigenvalue weighted by Crippen LogP contribution is -2.20. The number of nitrogens with zero attached hydrogens (tertiary/aromatic N) is 2. The molecule has 0 spiro atoms. The zero-order valence-electron chi connectivity index (χ0n) is 13.0. The van der Waals surface area contributed by atoms with Gasteiger partial charge in [0.15, 0.2) is 5.82 Å². The zero-order valence-corrected chi connectivity index (χ0v) is 14.6. The van der Waals surface area contributed by atoms with Crippen molar-refractivity contribution in [2.45, 2.75) is 38.6 Å². The van der Waals surface area contributed by atoms with E-state index in [1.807, 2.05) is 23.6 Å². The van der Waals surface area contributed by atoms with Crippen molar-refractivity contribution in [3.05, 3.63) is 27.3 Å². The molecule has 3 aromatic heterocycles. The van der Waals surface area contributed by atoms with Crippen molar-refractivity contribution in [1.29, 1.82) is 0 Å². The minimum atomic E-state index is -0.0254. The fraction of sp³-hybridized carbons (Fsp3) is 0.412. The summed E-state index contributed by atoms with van der Waals surface area (Å²) in [6, 6.07) is 2.03. The zero-order chi connectivity index (χ0) is 15.8. The third-order valence-electron chi connectivity index (χ3n) is 4.25. The summed E-state index contributed by atoms with van der Waals surface area (Å²) in [5, 5.41) is 18.1. The van der Waals surface area contributed by atoms with E-state index < -0.39 is 0 Å². The molecular weight excluding hydrogens is 326 g/mol. The van der Waals surface area contributed by atoms with Crippen LogP contribution in [0, 0.1) is 0 Å². The summed E-state index contributed by atoms with van der Waals surface area (Å²) < 4.78 is 0. The second kappa shape index (κ2) is 6.19. The van der Waals surface area contributed by atoms with E-state index in [1.54, 1.807) is 11.3 Å². The van der Waals surface area contributed by atoms with Gasteiger partial charge < -0.3 is 10.4 Å². The maximum Gasteiger partial charge on any atom is 0.163 e. The Hall–Kier alpha value is -1.50. The average Bonchev–Trinajstić information content (AvgIpc) is 3.21. The highest BCUT2D eigenvalue weighted by Gasteiger charge is 2.22. The number of anilines is 1. The Morgan fingerprint density at radius 2 is 2.17 bits per heavy atom. The minimum absolute atomic E-state index is 0.0254. The third kappa shape index (κ3) is 2.75. The number of hydrogen-bond donors (Lipinski definition) is 2. The van der Waals surface area contributed by atoms with Crippen LogP contribution in [0.25, 0.3) is 21.6 Å². The first-order chi connectivity index (χ1) is 11.3. The molecule has 1 unspecified atom stereocenters. The molecule has 6 heteroatoms. The normalized spacial score (nSPS) is 15.6. The molecule has 1 atom stereocenters. The van der Waals surface area contributed by atoms with E-state index in [0.29, 0.717) is 0 Å². The smallest absolute Gasteiger partial charge is 0.163 e. The Morgan fingerprint density at radius 1 is 1.30 bits per heavy atom. The highest BCUT2D eigenvalue weighted by Crippen LogP contribution is 2.39. The molecule has 3 aromatic rings. The Labute approximate surface area is 143 Å². The molecule has 0 aromatic carbocycles. The molecule has 0 fully saturated rings. The number of hydrogen-bond acceptors (Lipinski definition) is 6. The summed E-state index contributed by atoms with van der Waals surface area (Å²) >= 11 is 3.46. The van der Waals surface area contributed by atoms with Crippen LogP contribution < -0.4 is 5.32 Å². The molecule has 3 heterocycles. The number of rotatable bonds is 4. The molecule has 0 bridgehead atoms. The molecule has 23 heavy (non-hydrogen) atoms. The van der Waals surface area contributed by atoms with Crippen molar-refractivity contribution in [2.75, 3.05) is 11.9 Å². The van der Waals surface area contributed by atoms with Crippen LogP contribution >= 0.6 is 22.7 Å². The number of aromatic nitrogens is 2. The lowest BCUT2D eigenvalue weighted by atomic mass is 9.97. The predicted molar refractivity (Wildman–Crippen MR) is 97.5 cm³/mol. The van der Waals surface area contributed by atoms with Crippen molar-refractivity contribution in [1.82, 2.24) is 9.97 Å². The molecule has 0 saturated heterocycles. The highest BCUT2D eigenvalue weighted by molar-refractivity contribution is 7.19. The lowest BCUT2D eigenvalue weighted by molar-refractivity contribution is 0.281. The van der Waals surface area contributed by atoms with Crippen LogP contribution in [-0.4, -0.2) is 27.7 Å². The van der Waals surface area contributed by atoms with Gasteiger partial charge in [0.1, 0.15) is 10.6 Å². The second-order valence-corrected chi connectivity index (χ2v) is 7.89. The van der Waals surface area contributed by atoms with Gasteiger partial charge in [-0.3, -0.25) is 0 Å². The van der Waals surface area contributed by atoms with Crippen molar-refractivity contribution in [3.8, 4) is 11.4 Å². The monoisotopic (exact) mass is 345 g/mol. The molecule has 120 valence electrons. The van der Waals surface area contributed by atoms with Gasteiger partial charge >= 0.3 is 0 Å². The maximum atomic E-state index is 9.41. The van der Waals surface area contributed by atoms with E-state index >= 15 is 0 Å². The molecule has 4 rings (SSSR count). The van der Waals surface area contributed by atoms with Crippen LogP contribution in [-0.2, 0) is 12.8 Å². The van der Waals surface area contributed by atoms with E-state index in [4.69, 9.17) is 9.97 Å². The number of thiophene rings is 2. The van der Waals surface area contributed by atoms with E-state index in [1.165, 1.54) is 28.7 Å². The standard InChI is InChI=1S/C17H19N3OS2/c1-10(8-21)18-16-14-12-4-2-3-5-13(12)23-17(14)20-15(19-16)11-6-7-22-9-11/h6-7,9-10,21H,2-5,8H2,1H3,(H,18,19,20). The van der Waals surface area contributed by atoms with Crippen LogP contribution in [0.15, 0.2) is 16.8 Å². The Kier molecular flexibility index (Phi) is 4.05. The van der Waals surface area contributed by atoms with Gasteiger partial charge in [-0.15, -0.1) is 11.3 Å². The van der Waals surface area contributed by atoms with Gasteiger partial charge in [-0.2, -0.15) is 11.3 Å². The van der Waals surface area contributed by atoms with Gasteiger partial charge in [-0.1, -0.05) is 0 Å². The summed E-state index contributed by atoms with van der Waals surface area (Å²) in [6.07, 6.45) is 4.76. The van der Waals surface area contributed by atoms with Gasteiger partial charge in [-0.25, -0.2) is 9.97 Å². The van der Waals surface area contributed by atoms with Crippen LogP contribution in [0.4, 0.5) is 5.82 Å². The number of aliphatic hydroxyl groups excluding tert-OH is 1. The lowest BCUT2D eigenvalue weighted by Gasteiger charge is -2.16. The van der Waals surface area contributed by atoms with E-state index in [0.717, 1.165) is 34.9 Å².